The van der Waals surface area contributed by atoms with Crippen molar-refractivity contribution in [3.8, 4) is 0 Å². The molecule has 0 aliphatic carbocycles. The fourth-order valence-corrected chi connectivity index (χ4v) is 6.66. The van der Waals surface area contributed by atoms with Crippen LogP contribution in [-0.4, -0.2) is 32.8 Å². The van der Waals surface area contributed by atoms with Crippen LogP contribution in [0.2, 0.25) is 0 Å². The molecule has 0 spiro atoms. The average Bonchev–Trinajstić information content (AvgIpc) is 3.96. The Morgan fingerprint density at radius 1 is 0.429 bits per heavy atom. The van der Waals surface area contributed by atoms with E-state index >= 15 is 0 Å². The van der Waals surface area contributed by atoms with Gasteiger partial charge in [-0.15, -0.1) is 0 Å². The van der Waals surface area contributed by atoms with Crippen LogP contribution in [0.1, 0.15) is 169 Å². The monoisotopic (exact) mass is 757 g/mol. The van der Waals surface area contributed by atoms with Gasteiger partial charge in [0.05, 0.1) is 29.0 Å². The van der Waals surface area contributed by atoms with Gasteiger partial charge in [0, 0.05) is 66.1 Å². The van der Waals surface area contributed by atoms with Crippen LogP contribution in [0.5, 0.6) is 0 Å². The SMILES string of the molecule is CC(C)C1=CN=C(C(C)C)C1.CC(C)C1=Nc2ccc(C(C)C)cc2C1.CC(C)C1=Nc2ccc(C(C)C)nc2C1.CC(C)C1=Nc2cnc(C(C)C)cc2C1. The van der Waals surface area contributed by atoms with E-state index in [-0.39, 0.29) is 0 Å². The molecule has 4 aliphatic heterocycles. The Bertz CT molecular complexity index is 1750. The highest BCUT2D eigenvalue weighted by atomic mass is 14.9. The van der Waals surface area contributed by atoms with Gasteiger partial charge in [0.15, 0.2) is 0 Å². The molecule has 0 unspecified atom stereocenters. The summed E-state index contributed by atoms with van der Waals surface area (Å²) in [4.78, 5) is 27.4. The molecule has 0 radical (unpaired) electrons. The van der Waals surface area contributed by atoms with Crippen LogP contribution < -0.4 is 0 Å². The van der Waals surface area contributed by atoms with Gasteiger partial charge < -0.3 is 0 Å². The lowest BCUT2D eigenvalue weighted by Gasteiger charge is -2.07. The third-order valence-corrected chi connectivity index (χ3v) is 11.0. The second kappa shape index (κ2) is 19.9. The fourth-order valence-electron chi connectivity index (χ4n) is 6.66. The highest BCUT2D eigenvalue weighted by molar-refractivity contribution is 5.96. The maximum absolute atomic E-state index is 4.67. The van der Waals surface area contributed by atoms with E-state index < -0.39 is 0 Å². The molecule has 3 aromatic rings. The van der Waals surface area contributed by atoms with Gasteiger partial charge in [0.2, 0.25) is 0 Å². The van der Waals surface area contributed by atoms with E-state index in [1.54, 1.807) is 0 Å². The number of allylic oxidation sites excluding steroid dienone is 1. The number of hydrogen-bond donors (Lipinski definition) is 0. The first kappa shape index (κ1) is 44.7. The van der Waals surface area contributed by atoms with E-state index in [0.717, 1.165) is 42.8 Å². The number of rotatable bonds is 8. The number of aromatic nitrogens is 2. The number of aliphatic imine (C=N–C) groups is 4. The first-order valence-electron chi connectivity index (χ1n) is 21.4. The molecule has 0 bridgehead atoms. The van der Waals surface area contributed by atoms with Crippen molar-refractivity contribution in [3.05, 3.63) is 88.1 Å². The summed E-state index contributed by atoms with van der Waals surface area (Å²) in [6.07, 6.45) is 8.06. The van der Waals surface area contributed by atoms with Crippen molar-refractivity contribution >= 4 is 39.9 Å². The summed E-state index contributed by atoms with van der Waals surface area (Å²) in [5.41, 5.74) is 17.7. The predicted octanol–water partition coefficient (Wildman–Crippen LogP) is 14.1. The second-order valence-corrected chi connectivity index (χ2v) is 18.4. The smallest absolute Gasteiger partial charge is 0.0848 e. The Labute approximate surface area is 340 Å². The van der Waals surface area contributed by atoms with E-state index in [1.807, 2.05) is 12.4 Å². The van der Waals surface area contributed by atoms with Crippen molar-refractivity contribution in [2.45, 2.75) is 154 Å². The van der Waals surface area contributed by atoms with Gasteiger partial charge in [-0.1, -0.05) is 123 Å². The maximum atomic E-state index is 4.67. The standard InChI is InChI=1S/C14H19N.2C13H18N2.C10H17N/c1-9(2)11-5-6-13-12(7-11)8-14(15-13)10(3)4;1-8(2)11-5-10-6-12(9(3)4)15-13(10)7-14-11;1-8(2)10-5-6-11-13(14-10)7-12(15-11)9(3)4;1-7(2)9-5-10(8(3)4)11-6-9/h5-7,9-10H,8H2,1-4H3;5,7-9H,6H2,1-4H3;5-6,8-9H,7H2,1-4H3;6-8H,5H2,1-4H3. The zero-order valence-electron chi connectivity index (χ0n) is 37.7. The molecule has 6 nitrogen and oxygen atoms in total. The summed E-state index contributed by atoms with van der Waals surface area (Å²) in [6.45, 7) is 35.2. The second-order valence-electron chi connectivity index (χ2n) is 18.4. The van der Waals surface area contributed by atoms with Crippen LogP contribution >= 0.6 is 0 Å². The van der Waals surface area contributed by atoms with Gasteiger partial charge in [-0.2, -0.15) is 0 Å². The predicted molar refractivity (Wildman–Crippen MR) is 244 cm³/mol. The van der Waals surface area contributed by atoms with Crippen molar-refractivity contribution in [2.24, 2.45) is 49.6 Å². The molecule has 6 heterocycles. The lowest BCUT2D eigenvalue weighted by atomic mass is 9.96. The summed E-state index contributed by atoms with van der Waals surface area (Å²) in [5.74, 6) is 4.52. The molecule has 0 N–H and O–H groups in total. The van der Waals surface area contributed by atoms with E-state index in [1.165, 1.54) is 62.2 Å². The Kier molecular flexibility index (Phi) is 15.9. The minimum Gasteiger partial charge on any atom is -0.265 e. The molecular weight excluding hydrogens is 685 g/mol. The third-order valence-electron chi connectivity index (χ3n) is 11.0. The van der Waals surface area contributed by atoms with Crippen LogP contribution in [0.15, 0.2) is 74.3 Å². The molecule has 6 heteroatoms. The Hall–Kier alpha value is -4.06. The minimum absolute atomic E-state index is 0.499. The largest absolute Gasteiger partial charge is 0.265 e. The van der Waals surface area contributed by atoms with Crippen LogP contribution in [0.4, 0.5) is 17.1 Å². The number of fused-ring (bicyclic) bond motifs is 3. The van der Waals surface area contributed by atoms with Gasteiger partial charge in [-0.05, 0) is 93.9 Å². The number of hydrogen-bond acceptors (Lipinski definition) is 6. The highest BCUT2D eigenvalue weighted by Crippen LogP contribution is 2.33. The van der Waals surface area contributed by atoms with Gasteiger partial charge in [-0.25, -0.2) is 0 Å². The van der Waals surface area contributed by atoms with Crippen molar-refractivity contribution in [1.82, 2.24) is 9.97 Å². The zero-order valence-corrected chi connectivity index (χ0v) is 37.7. The third kappa shape index (κ3) is 12.0. The Morgan fingerprint density at radius 2 is 0.946 bits per heavy atom. The lowest BCUT2D eigenvalue weighted by molar-refractivity contribution is 0.750. The zero-order chi connectivity index (χ0) is 41.4. The lowest BCUT2D eigenvalue weighted by Crippen LogP contribution is -2.07. The topological polar surface area (TPSA) is 75.2 Å². The van der Waals surface area contributed by atoms with Crippen molar-refractivity contribution in [3.63, 3.8) is 0 Å². The molecule has 0 saturated heterocycles. The highest BCUT2D eigenvalue weighted by Gasteiger charge is 2.21. The summed E-state index contributed by atoms with van der Waals surface area (Å²) in [6, 6.07) is 13.1. The van der Waals surface area contributed by atoms with Crippen LogP contribution in [0.3, 0.4) is 0 Å². The first-order valence-corrected chi connectivity index (χ1v) is 21.4. The van der Waals surface area contributed by atoms with Gasteiger partial charge in [0.1, 0.15) is 0 Å². The molecule has 0 atom stereocenters. The molecule has 0 fully saturated rings. The maximum Gasteiger partial charge on any atom is 0.0848 e. The van der Waals surface area contributed by atoms with Crippen LogP contribution in [-0.2, 0) is 19.3 Å². The molecule has 1 aromatic carbocycles. The molecule has 4 aliphatic rings. The van der Waals surface area contributed by atoms with Crippen molar-refractivity contribution in [1.29, 1.82) is 0 Å². The molecule has 2 aromatic heterocycles. The summed E-state index contributed by atoms with van der Waals surface area (Å²) < 4.78 is 0. The van der Waals surface area contributed by atoms with E-state index in [4.69, 9.17) is 0 Å². The summed E-state index contributed by atoms with van der Waals surface area (Å²) >= 11 is 0. The first-order chi connectivity index (χ1) is 26.3. The van der Waals surface area contributed by atoms with E-state index in [0.29, 0.717) is 47.3 Å². The van der Waals surface area contributed by atoms with Gasteiger partial charge in [-0.3, -0.25) is 29.9 Å². The number of nitrogens with zero attached hydrogens (tertiary/aromatic N) is 6. The molecule has 302 valence electrons. The van der Waals surface area contributed by atoms with Gasteiger partial charge >= 0.3 is 0 Å². The van der Waals surface area contributed by atoms with E-state index in [2.05, 4.69) is 177 Å². The molecule has 7 rings (SSSR count). The average molecular weight is 757 g/mol. The molecule has 56 heavy (non-hydrogen) atoms. The number of benzene rings is 1. The fraction of sp³-hybridized carbons (Fsp3) is 0.560. The van der Waals surface area contributed by atoms with Crippen LogP contribution in [0, 0.1) is 29.6 Å². The van der Waals surface area contributed by atoms with Crippen LogP contribution in [0.25, 0.3) is 0 Å². The number of pyridine rings is 2. The molecule has 0 saturated carbocycles. The van der Waals surface area contributed by atoms with Crippen molar-refractivity contribution < 1.29 is 0 Å². The van der Waals surface area contributed by atoms with Gasteiger partial charge in [0.25, 0.3) is 0 Å². The Morgan fingerprint density at radius 3 is 1.45 bits per heavy atom. The molecular formula is C50H72N6. The van der Waals surface area contributed by atoms with E-state index in [9.17, 15) is 0 Å². The normalized spacial score (nSPS) is 15.2. The summed E-state index contributed by atoms with van der Waals surface area (Å²) in [5, 5.41) is 0. The Balaban J connectivity index is 0.000000167. The summed E-state index contributed by atoms with van der Waals surface area (Å²) in [7, 11) is 0. The quantitative estimate of drug-likeness (QED) is 0.229. The molecule has 0 amide bonds. The van der Waals surface area contributed by atoms with Crippen molar-refractivity contribution in [2.75, 3.05) is 0 Å². The minimum atomic E-state index is 0.499.